The van der Waals surface area contributed by atoms with Gasteiger partial charge in [-0.25, -0.2) is 9.13 Å². The summed E-state index contributed by atoms with van der Waals surface area (Å²) < 4.78 is 53.3. The smallest absolute Gasteiger partial charge is 0.462 e. The molecule has 7 N–H and O–H groups in total. The minimum atomic E-state index is -4.90. The first-order valence-electron chi connectivity index (χ1n) is 20.8. The van der Waals surface area contributed by atoms with E-state index in [0.717, 1.165) is 50.9 Å². The zero-order valence-corrected chi connectivity index (χ0v) is 36.4. The van der Waals surface area contributed by atoms with Crippen LogP contribution < -0.4 is 0 Å². The van der Waals surface area contributed by atoms with E-state index in [1.54, 1.807) is 12.2 Å². The molecule has 0 aromatic heterocycles. The highest BCUT2D eigenvalue weighted by molar-refractivity contribution is 7.47. The van der Waals surface area contributed by atoms with Crippen LogP contribution in [0.15, 0.2) is 24.3 Å². The van der Waals surface area contributed by atoms with Gasteiger partial charge >= 0.3 is 27.6 Å². The van der Waals surface area contributed by atoms with Crippen LogP contribution in [0.25, 0.3) is 0 Å². The summed E-state index contributed by atoms with van der Waals surface area (Å²) in [6.07, 6.45) is 14.0. The fourth-order valence-electron chi connectivity index (χ4n) is 6.01. The number of allylic oxidation sites excluding steroid dienone is 2. The lowest BCUT2D eigenvalue weighted by molar-refractivity contribution is -0.199. The summed E-state index contributed by atoms with van der Waals surface area (Å²) in [7, 11) is -9.78. The third-order valence-corrected chi connectivity index (χ3v) is 11.1. The molecule has 58 heavy (non-hydrogen) atoms. The van der Waals surface area contributed by atoms with Crippen LogP contribution in [0, 0.1) is 11.8 Å². The van der Waals surface area contributed by atoms with Gasteiger partial charge in [0.05, 0.1) is 38.1 Å². The summed E-state index contributed by atoms with van der Waals surface area (Å²) >= 11 is 0. The monoisotopic (exact) mass is 874 g/mol. The van der Waals surface area contributed by atoms with Crippen molar-refractivity contribution in [1.29, 1.82) is 0 Å². The summed E-state index contributed by atoms with van der Waals surface area (Å²) in [4.78, 5) is 52.8. The zero-order chi connectivity index (χ0) is 43.4. The van der Waals surface area contributed by atoms with Crippen molar-refractivity contribution in [3.05, 3.63) is 24.3 Å². The Labute approximate surface area is 344 Å². The van der Waals surface area contributed by atoms with Crippen molar-refractivity contribution in [3.8, 4) is 0 Å². The largest absolute Gasteiger partial charge is 0.472 e. The van der Waals surface area contributed by atoms with E-state index in [9.17, 15) is 44.0 Å². The third-order valence-electron chi connectivity index (χ3n) is 9.67. The standard InChI is InChI=1S/C39H72O17P2/c1-4-6-13-19-31(40)23-24-36-34(35(42)25-39(45)56-36)20-15-11-12-17-22-38(44)55-33(29-54-58(49,50)53-27-32(41)26-52-57(46,47)48)28-51-37(43)21-16-10-8-7-9-14-18-30(3)5-2/h11,15,23-24,30-36,39-42,45H,4-10,12-14,16-22,25-29H2,1-3H3,(H,49,50)(H2,46,47,48)/b15-11-,24-23+/t30?,31-,32-,33+,34-,35-,36+,39?/m0/s1. The van der Waals surface area contributed by atoms with Crippen LogP contribution in [-0.2, 0) is 46.5 Å². The average molecular weight is 875 g/mol. The number of phosphoric ester groups is 2. The second-order valence-electron chi connectivity index (χ2n) is 15.0. The van der Waals surface area contributed by atoms with Crippen molar-refractivity contribution >= 4 is 27.6 Å². The van der Waals surface area contributed by atoms with Crippen LogP contribution in [0.3, 0.4) is 0 Å². The molecule has 1 rings (SSSR count). The SMILES string of the molecule is CCCCC[C@H](O)/C=C/[C@H]1OC(O)C[C@H](O)[C@@H]1C/C=C\CCCC(=O)O[C@H](COC(=O)CCCCCCCCC(C)CC)COP(=O)(O)OC[C@@H](O)COP(=O)(O)O. The minimum absolute atomic E-state index is 0.0564. The van der Waals surface area contributed by atoms with Gasteiger partial charge in [0, 0.05) is 25.2 Å². The lowest BCUT2D eigenvalue weighted by atomic mass is 9.87. The van der Waals surface area contributed by atoms with Crippen molar-refractivity contribution in [2.75, 3.05) is 26.4 Å². The highest BCUT2D eigenvalue weighted by Crippen LogP contribution is 2.44. The number of unbranched alkanes of at least 4 members (excludes halogenated alkanes) is 8. The van der Waals surface area contributed by atoms with Gasteiger partial charge in [-0.3, -0.25) is 23.2 Å². The Bertz CT molecular complexity index is 1260. The summed E-state index contributed by atoms with van der Waals surface area (Å²) in [5, 5.41) is 40.7. The molecular formula is C39H72O17P2. The fraction of sp³-hybridized carbons (Fsp3) is 0.846. The minimum Gasteiger partial charge on any atom is -0.462 e. The molecule has 1 aliphatic rings. The maximum absolute atomic E-state index is 12.8. The highest BCUT2D eigenvalue weighted by Gasteiger charge is 2.35. The van der Waals surface area contributed by atoms with E-state index in [-0.39, 0.29) is 25.2 Å². The molecule has 19 heteroatoms. The molecule has 3 unspecified atom stereocenters. The van der Waals surface area contributed by atoms with Crippen LogP contribution in [0.4, 0.5) is 0 Å². The second-order valence-corrected chi connectivity index (χ2v) is 17.7. The van der Waals surface area contributed by atoms with Crippen molar-refractivity contribution in [1.82, 2.24) is 0 Å². The molecule has 1 saturated heterocycles. The predicted molar refractivity (Wildman–Crippen MR) is 215 cm³/mol. The van der Waals surface area contributed by atoms with Gasteiger partial charge in [-0.05, 0) is 38.0 Å². The molecule has 17 nitrogen and oxygen atoms in total. The second kappa shape index (κ2) is 31.3. The van der Waals surface area contributed by atoms with E-state index in [2.05, 4.69) is 29.8 Å². The lowest BCUT2D eigenvalue weighted by Gasteiger charge is -2.36. The van der Waals surface area contributed by atoms with Crippen LogP contribution in [0.1, 0.15) is 136 Å². The number of ether oxygens (including phenoxy) is 3. The Morgan fingerprint density at radius 1 is 0.793 bits per heavy atom. The average Bonchev–Trinajstić information content (AvgIpc) is 3.16. The molecule has 0 bridgehead atoms. The van der Waals surface area contributed by atoms with Crippen LogP contribution >= 0.6 is 15.6 Å². The van der Waals surface area contributed by atoms with Crippen LogP contribution in [0.5, 0.6) is 0 Å². The van der Waals surface area contributed by atoms with Gasteiger partial charge in [-0.15, -0.1) is 0 Å². The van der Waals surface area contributed by atoms with Gasteiger partial charge < -0.3 is 49.3 Å². The molecule has 0 aliphatic carbocycles. The van der Waals surface area contributed by atoms with Gasteiger partial charge in [0.25, 0.3) is 0 Å². The summed E-state index contributed by atoms with van der Waals surface area (Å²) in [6.45, 7) is 3.55. The van der Waals surface area contributed by atoms with Gasteiger partial charge in [0.2, 0.25) is 0 Å². The Kier molecular flexibility index (Phi) is 29.4. The molecular weight excluding hydrogens is 802 g/mol. The molecule has 0 aromatic carbocycles. The topological polar surface area (TPSA) is 265 Å². The number of aliphatic hydroxyl groups excluding tert-OH is 4. The van der Waals surface area contributed by atoms with Gasteiger partial charge in [0.1, 0.15) is 12.7 Å². The van der Waals surface area contributed by atoms with Gasteiger partial charge in [0.15, 0.2) is 12.4 Å². The quantitative estimate of drug-likeness (QED) is 0.0171. The number of carbonyl (C=O) groups is 2. The highest BCUT2D eigenvalue weighted by atomic mass is 31.2. The number of carbonyl (C=O) groups excluding carboxylic acids is 2. The normalized spacial score (nSPS) is 22.1. The number of hydrogen-bond donors (Lipinski definition) is 7. The molecule has 9 atom stereocenters. The Hall–Kier alpha value is -1.56. The van der Waals surface area contributed by atoms with E-state index >= 15 is 0 Å². The van der Waals surface area contributed by atoms with E-state index < -0.39 is 90.8 Å². The summed E-state index contributed by atoms with van der Waals surface area (Å²) in [6, 6.07) is 0. The van der Waals surface area contributed by atoms with Crippen molar-refractivity contribution in [3.63, 3.8) is 0 Å². The lowest BCUT2D eigenvalue weighted by Crippen LogP contribution is -2.43. The first-order chi connectivity index (χ1) is 27.4. The molecule has 1 fully saturated rings. The zero-order valence-electron chi connectivity index (χ0n) is 34.6. The van der Waals surface area contributed by atoms with E-state index in [1.807, 2.05) is 12.2 Å². The number of phosphoric acid groups is 2. The number of rotatable bonds is 34. The first-order valence-corrected chi connectivity index (χ1v) is 23.8. The van der Waals surface area contributed by atoms with Gasteiger partial charge in [-0.1, -0.05) is 109 Å². The van der Waals surface area contributed by atoms with Crippen LogP contribution in [0.2, 0.25) is 0 Å². The Morgan fingerprint density at radius 3 is 2.12 bits per heavy atom. The van der Waals surface area contributed by atoms with E-state index in [0.29, 0.717) is 32.1 Å². The molecule has 1 aliphatic heterocycles. The maximum atomic E-state index is 12.8. The van der Waals surface area contributed by atoms with Crippen molar-refractivity contribution in [2.24, 2.45) is 11.8 Å². The summed E-state index contributed by atoms with van der Waals surface area (Å²) in [5.74, 6) is -0.871. The predicted octanol–water partition coefficient (Wildman–Crippen LogP) is 5.91. The summed E-state index contributed by atoms with van der Waals surface area (Å²) in [5.41, 5.74) is 0. The molecule has 0 spiro atoms. The molecule has 0 amide bonds. The fourth-order valence-corrected chi connectivity index (χ4v) is 7.16. The maximum Gasteiger partial charge on any atom is 0.472 e. The number of hydrogen-bond acceptors (Lipinski definition) is 14. The molecule has 1 heterocycles. The molecule has 340 valence electrons. The number of esters is 2. The first kappa shape index (κ1) is 54.5. The van der Waals surface area contributed by atoms with Gasteiger partial charge in [-0.2, -0.15) is 0 Å². The number of aliphatic hydroxyl groups is 4. The van der Waals surface area contributed by atoms with Crippen molar-refractivity contribution < 1.29 is 81.6 Å². The van der Waals surface area contributed by atoms with E-state index in [1.165, 1.54) is 19.3 Å². The molecule has 0 saturated carbocycles. The van der Waals surface area contributed by atoms with Crippen molar-refractivity contribution in [2.45, 2.75) is 173 Å². The third kappa shape index (κ3) is 28.8. The molecule has 0 aromatic rings. The van der Waals surface area contributed by atoms with Crippen LogP contribution in [-0.4, -0.2) is 110 Å². The Morgan fingerprint density at radius 2 is 1.43 bits per heavy atom. The molecule has 0 radical (unpaired) electrons. The Balaban J connectivity index is 2.66. The van der Waals surface area contributed by atoms with E-state index in [4.69, 9.17) is 28.5 Å².